The molecule has 0 N–H and O–H groups in total. The molecule has 1 radical (unpaired) electrons. The van der Waals surface area contributed by atoms with Crippen LogP contribution in [-0.4, -0.2) is 0 Å². The number of nitrogens with zero attached hydrogens (tertiary/aromatic N) is 1. The van der Waals surface area contributed by atoms with Gasteiger partial charge in [-0.3, -0.25) is 0 Å². The van der Waals surface area contributed by atoms with Crippen LogP contribution in [0.3, 0.4) is 0 Å². The van der Waals surface area contributed by atoms with E-state index in [1.54, 1.807) is 0 Å². The number of hydrogen-bond acceptors (Lipinski definition) is 1. The highest BCUT2D eigenvalue weighted by molar-refractivity contribution is 5.66. The Labute approximate surface area is 77.1 Å². The standard InChI is InChI=1S/C12H10N/c1-3-7-11-9(5-1)10-6-2-4-8-12(10)13-11/h1,3,7-8H,2,4,6H2. The molecule has 1 nitrogen and oxygen atoms in total. The maximum Gasteiger partial charge on any atom is 0.0719 e. The topological polar surface area (TPSA) is 12.4 Å². The first-order chi connectivity index (χ1) is 6.45. The largest absolute Gasteiger partial charge is 0.248 e. The van der Waals surface area contributed by atoms with Crippen molar-refractivity contribution in [2.75, 3.05) is 0 Å². The molecule has 0 aromatic heterocycles. The minimum atomic E-state index is 1.10. The van der Waals surface area contributed by atoms with Crippen LogP contribution in [0.1, 0.15) is 19.3 Å². The Morgan fingerprint density at radius 2 is 2.38 bits per heavy atom. The minimum Gasteiger partial charge on any atom is -0.248 e. The molecule has 3 rings (SSSR count). The van der Waals surface area contributed by atoms with Gasteiger partial charge in [-0.05, 0) is 37.0 Å². The smallest absolute Gasteiger partial charge is 0.0719 e. The van der Waals surface area contributed by atoms with Crippen LogP contribution in [0.5, 0.6) is 0 Å². The fourth-order valence-corrected chi connectivity index (χ4v) is 2.03. The summed E-state index contributed by atoms with van der Waals surface area (Å²) >= 11 is 0. The molecule has 1 aliphatic heterocycles. The summed E-state index contributed by atoms with van der Waals surface area (Å²) in [5.41, 5.74) is 2.60. The van der Waals surface area contributed by atoms with E-state index in [-0.39, 0.29) is 0 Å². The molecule has 1 heteroatoms. The van der Waals surface area contributed by atoms with Gasteiger partial charge in [-0.1, -0.05) is 18.2 Å². The summed E-state index contributed by atoms with van der Waals surface area (Å²) < 4.78 is 0. The summed E-state index contributed by atoms with van der Waals surface area (Å²) in [7, 11) is 0. The van der Waals surface area contributed by atoms with Crippen molar-refractivity contribution in [2.24, 2.45) is 4.99 Å². The lowest BCUT2D eigenvalue weighted by Crippen LogP contribution is -2.22. The van der Waals surface area contributed by atoms with E-state index >= 15 is 0 Å². The second kappa shape index (κ2) is 2.56. The van der Waals surface area contributed by atoms with Crippen LogP contribution in [0.4, 0.5) is 0 Å². The third kappa shape index (κ3) is 0.966. The Bertz CT molecular complexity index is 494. The van der Waals surface area contributed by atoms with E-state index < -0.39 is 0 Å². The van der Waals surface area contributed by atoms with Gasteiger partial charge in [0.1, 0.15) is 0 Å². The SMILES string of the molecule is [c]1cccc2c1=C1CCCC=C1N=2. The summed E-state index contributed by atoms with van der Waals surface area (Å²) in [5.74, 6) is 0. The fraction of sp³-hybridized carbons (Fsp3) is 0.250. The second-order valence-electron chi connectivity index (χ2n) is 3.50. The van der Waals surface area contributed by atoms with Crippen LogP contribution in [0.15, 0.2) is 35.0 Å². The molecular formula is C12H10N. The average Bonchev–Trinajstić information content (AvgIpc) is 2.56. The molecule has 0 fully saturated rings. The van der Waals surface area contributed by atoms with Crippen molar-refractivity contribution in [1.29, 1.82) is 0 Å². The molecule has 2 aliphatic rings. The van der Waals surface area contributed by atoms with Gasteiger partial charge < -0.3 is 0 Å². The molecule has 0 bridgehead atoms. The van der Waals surface area contributed by atoms with Gasteiger partial charge in [0, 0.05) is 5.22 Å². The minimum absolute atomic E-state index is 1.10. The first kappa shape index (κ1) is 7.07. The lowest BCUT2D eigenvalue weighted by Gasteiger charge is -2.08. The predicted octanol–water partition coefficient (Wildman–Crippen LogP) is 1.34. The van der Waals surface area contributed by atoms with Gasteiger partial charge in [-0.15, -0.1) is 0 Å². The van der Waals surface area contributed by atoms with Crippen molar-refractivity contribution >= 4 is 5.57 Å². The fourth-order valence-electron chi connectivity index (χ4n) is 2.03. The van der Waals surface area contributed by atoms with Gasteiger partial charge in [0.25, 0.3) is 0 Å². The molecule has 0 spiro atoms. The second-order valence-corrected chi connectivity index (χ2v) is 3.50. The molecule has 0 atom stereocenters. The number of benzene rings is 1. The number of fused-ring (bicyclic) bond motifs is 2. The highest BCUT2D eigenvalue weighted by Gasteiger charge is 2.14. The lowest BCUT2D eigenvalue weighted by molar-refractivity contribution is 0.845. The third-order valence-corrected chi connectivity index (χ3v) is 2.65. The van der Waals surface area contributed by atoms with Crippen LogP contribution in [0.25, 0.3) is 5.57 Å². The van der Waals surface area contributed by atoms with Crippen molar-refractivity contribution < 1.29 is 0 Å². The zero-order valence-corrected chi connectivity index (χ0v) is 7.38. The molecule has 0 amide bonds. The molecule has 0 saturated heterocycles. The molecule has 1 aromatic rings. The summed E-state index contributed by atoms with van der Waals surface area (Å²) in [6.45, 7) is 0. The van der Waals surface area contributed by atoms with Crippen molar-refractivity contribution in [3.8, 4) is 0 Å². The van der Waals surface area contributed by atoms with E-state index in [0.717, 1.165) is 5.36 Å². The number of rotatable bonds is 0. The van der Waals surface area contributed by atoms with Crippen LogP contribution < -0.4 is 10.6 Å². The molecule has 13 heavy (non-hydrogen) atoms. The maximum atomic E-state index is 4.57. The van der Waals surface area contributed by atoms with Crippen molar-refractivity contribution in [3.05, 3.63) is 46.6 Å². The molecule has 0 saturated carbocycles. The Morgan fingerprint density at radius 3 is 3.38 bits per heavy atom. The average molecular weight is 168 g/mol. The van der Waals surface area contributed by atoms with Crippen LogP contribution in [0, 0.1) is 6.07 Å². The van der Waals surface area contributed by atoms with Crippen molar-refractivity contribution in [3.63, 3.8) is 0 Å². The Kier molecular flexibility index (Phi) is 1.39. The van der Waals surface area contributed by atoms with E-state index in [0.29, 0.717) is 0 Å². The first-order valence-electron chi connectivity index (χ1n) is 4.74. The Balaban J connectivity index is 2.43. The van der Waals surface area contributed by atoms with E-state index in [2.05, 4.69) is 23.2 Å². The van der Waals surface area contributed by atoms with Crippen molar-refractivity contribution in [2.45, 2.75) is 19.3 Å². The monoisotopic (exact) mass is 168 g/mol. The van der Waals surface area contributed by atoms with Crippen LogP contribution in [0.2, 0.25) is 0 Å². The quantitative estimate of drug-likeness (QED) is 0.554. The molecule has 0 unspecified atom stereocenters. The molecular weight excluding hydrogens is 158 g/mol. The van der Waals surface area contributed by atoms with Crippen LogP contribution >= 0.6 is 0 Å². The summed E-state index contributed by atoms with van der Waals surface area (Å²) in [4.78, 5) is 4.57. The van der Waals surface area contributed by atoms with Gasteiger partial charge in [0.15, 0.2) is 0 Å². The van der Waals surface area contributed by atoms with Crippen LogP contribution in [-0.2, 0) is 0 Å². The highest BCUT2D eigenvalue weighted by Crippen LogP contribution is 2.25. The molecule has 63 valence electrons. The lowest BCUT2D eigenvalue weighted by atomic mass is 9.98. The maximum absolute atomic E-state index is 4.57. The predicted molar refractivity (Wildman–Crippen MR) is 51.4 cm³/mol. The highest BCUT2D eigenvalue weighted by atomic mass is 14.8. The summed E-state index contributed by atoms with van der Waals surface area (Å²) in [5, 5.41) is 2.33. The zero-order chi connectivity index (χ0) is 8.67. The van der Waals surface area contributed by atoms with Gasteiger partial charge in [-0.25, -0.2) is 4.99 Å². The van der Waals surface area contributed by atoms with Gasteiger partial charge in [-0.2, -0.15) is 0 Å². The van der Waals surface area contributed by atoms with Gasteiger partial charge in [0.05, 0.1) is 11.1 Å². The molecule has 1 aromatic carbocycles. The third-order valence-electron chi connectivity index (χ3n) is 2.65. The Morgan fingerprint density at radius 1 is 1.38 bits per heavy atom. The van der Waals surface area contributed by atoms with Gasteiger partial charge in [0.2, 0.25) is 0 Å². The van der Waals surface area contributed by atoms with Crippen molar-refractivity contribution in [1.82, 2.24) is 0 Å². The van der Waals surface area contributed by atoms with E-state index in [9.17, 15) is 0 Å². The van der Waals surface area contributed by atoms with E-state index in [4.69, 9.17) is 0 Å². The normalized spacial score (nSPS) is 18.8. The Hall–Kier alpha value is -1.37. The number of hydrogen-bond donors (Lipinski definition) is 0. The van der Waals surface area contributed by atoms with E-state index in [1.165, 1.54) is 35.8 Å². The summed E-state index contributed by atoms with van der Waals surface area (Å²) in [6.07, 6.45) is 5.85. The first-order valence-corrected chi connectivity index (χ1v) is 4.74. The number of allylic oxidation sites excluding steroid dienone is 2. The zero-order valence-electron chi connectivity index (χ0n) is 7.38. The molecule has 1 heterocycles. The molecule has 1 aliphatic carbocycles. The van der Waals surface area contributed by atoms with Gasteiger partial charge >= 0.3 is 0 Å². The summed E-state index contributed by atoms with van der Waals surface area (Å²) in [6, 6.07) is 9.32. The van der Waals surface area contributed by atoms with E-state index in [1.807, 2.05) is 12.1 Å².